The van der Waals surface area contributed by atoms with Crippen LogP contribution < -0.4 is 10.6 Å². The Morgan fingerprint density at radius 2 is 1.96 bits per heavy atom. The number of hydrogen-bond donors (Lipinski definition) is 2. The van der Waals surface area contributed by atoms with Crippen molar-refractivity contribution in [2.24, 2.45) is 0 Å². The van der Waals surface area contributed by atoms with Gasteiger partial charge in [-0.05, 0) is 24.1 Å². The van der Waals surface area contributed by atoms with Crippen molar-refractivity contribution >= 4 is 28.3 Å². The lowest BCUT2D eigenvalue weighted by Gasteiger charge is -2.18. The van der Waals surface area contributed by atoms with Crippen molar-refractivity contribution in [3.05, 3.63) is 77.1 Å². The quantitative estimate of drug-likeness (QED) is 0.613. The number of thiazole rings is 1. The van der Waals surface area contributed by atoms with Gasteiger partial charge in [0.2, 0.25) is 5.91 Å². The van der Waals surface area contributed by atoms with Gasteiger partial charge in [0.1, 0.15) is 6.04 Å². The minimum Gasteiger partial charge on any atom is -0.340 e. The van der Waals surface area contributed by atoms with Crippen molar-refractivity contribution in [2.45, 2.75) is 32.2 Å². The first-order valence-electron chi connectivity index (χ1n) is 9.15. The molecule has 0 saturated carbocycles. The fourth-order valence-electron chi connectivity index (χ4n) is 2.73. The number of hydrogen-bond acceptors (Lipinski definition) is 5. The number of nitrogens with one attached hydrogen (secondary N) is 2. The molecular weight excluding hydrogens is 372 g/mol. The Morgan fingerprint density at radius 3 is 2.68 bits per heavy atom. The summed E-state index contributed by atoms with van der Waals surface area (Å²) in [4.78, 5) is 33.8. The molecule has 2 aromatic heterocycles. The van der Waals surface area contributed by atoms with Gasteiger partial charge in [0.15, 0.2) is 5.13 Å². The van der Waals surface area contributed by atoms with Crippen molar-refractivity contribution in [2.75, 3.05) is 5.32 Å². The third-order valence-corrected chi connectivity index (χ3v) is 4.92. The molecule has 28 heavy (non-hydrogen) atoms. The number of nitrogens with zero attached hydrogens (tertiary/aromatic N) is 2. The predicted octanol–water partition coefficient (Wildman–Crippen LogP) is 3.47. The molecule has 0 aliphatic heterocycles. The summed E-state index contributed by atoms with van der Waals surface area (Å²) >= 11 is 1.39. The van der Waals surface area contributed by atoms with Gasteiger partial charge in [0, 0.05) is 24.2 Å². The normalized spacial score (nSPS) is 11.6. The number of aryl methyl sites for hydroxylation is 1. The Labute approximate surface area is 168 Å². The third kappa shape index (κ3) is 5.47. The van der Waals surface area contributed by atoms with Crippen LogP contribution in [0.4, 0.5) is 5.13 Å². The first kappa shape index (κ1) is 19.7. The number of carbonyl (C=O) groups excluding carboxylic acids is 2. The fourth-order valence-corrected chi connectivity index (χ4v) is 3.47. The van der Waals surface area contributed by atoms with Gasteiger partial charge in [-0.25, -0.2) is 4.98 Å². The van der Waals surface area contributed by atoms with E-state index in [0.29, 0.717) is 17.1 Å². The van der Waals surface area contributed by atoms with Gasteiger partial charge in [0.25, 0.3) is 5.91 Å². The van der Waals surface area contributed by atoms with E-state index in [4.69, 9.17) is 0 Å². The van der Waals surface area contributed by atoms with Crippen LogP contribution in [0, 0.1) is 0 Å². The average Bonchev–Trinajstić information content (AvgIpc) is 3.16. The lowest BCUT2D eigenvalue weighted by molar-refractivity contribution is -0.118. The van der Waals surface area contributed by atoms with E-state index in [0.717, 1.165) is 24.1 Å². The lowest BCUT2D eigenvalue weighted by Crippen LogP contribution is -2.45. The maximum absolute atomic E-state index is 12.9. The highest BCUT2D eigenvalue weighted by Gasteiger charge is 2.23. The minimum atomic E-state index is -0.728. The summed E-state index contributed by atoms with van der Waals surface area (Å²) in [6.45, 7) is 2.08. The standard InChI is InChI=1S/C21H22N4O2S/c1-2-7-17-14-28-21(23-17)25-20(27)18(12-15-8-4-3-5-9-15)24-19(26)16-10-6-11-22-13-16/h3-6,8-11,13-14,18H,2,7,12H2,1H3,(H,24,26)(H,23,25,27)/t18-/m1/s1. The van der Waals surface area contributed by atoms with E-state index in [-0.39, 0.29) is 11.8 Å². The molecule has 1 aromatic carbocycles. The Balaban J connectivity index is 1.74. The van der Waals surface area contributed by atoms with Crippen LogP contribution in [0.3, 0.4) is 0 Å². The maximum atomic E-state index is 12.9. The number of rotatable bonds is 8. The Kier molecular flexibility index (Phi) is 6.86. The minimum absolute atomic E-state index is 0.293. The smallest absolute Gasteiger partial charge is 0.253 e. The summed E-state index contributed by atoms with van der Waals surface area (Å²) in [6.07, 6.45) is 5.32. The summed E-state index contributed by atoms with van der Waals surface area (Å²) in [5.41, 5.74) is 2.33. The SMILES string of the molecule is CCCc1csc(NC(=O)[C@@H](Cc2ccccc2)NC(=O)c2cccnc2)n1. The topological polar surface area (TPSA) is 84.0 Å². The number of benzene rings is 1. The molecule has 7 heteroatoms. The van der Waals surface area contributed by atoms with E-state index in [1.807, 2.05) is 35.7 Å². The number of aromatic nitrogens is 2. The van der Waals surface area contributed by atoms with Crippen molar-refractivity contribution in [1.29, 1.82) is 0 Å². The molecule has 0 aliphatic rings. The maximum Gasteiger partial charge on any atom is 0.253 e. The molecule has 6 nitrogen and oxygen atoms in total. The van der Waals surface area contributed by atoms with Crippen LogP contribution in [0.1, 0.15) is 35.0 Å². The molecule has 0 spiro atoms. The highest BCUT2D eigenvalue weighted by atomic mass is 32.1. The van der Waals surface area contributed by atoms with Gasteiger partial charge in [0.05, 0.1) is 11.3 Å². The molecule has 1 atom stereocenters. The molecule has 0 radical (unpaired) electrons. The van der Waals surface area contributed by atoms with E-state index >= 15 is 0 Å². The Morgan fingerprint density at radius 1 is 1.14 bits per heavy atom. The van der Waals surface area contributed by atoms with Crippen LogP contribution in [0.5, 0.6) is 0 Å². The molecule has 2 heterocycles. The summed E-state index contributed by atoms with van der Waals surface area (Å²) in [6, 6.07) is 12.2. The van der Waals surface area contributed by atoms with E-state index in [9.17, 15) is 9.59 Å². The molecule has 0 unspecified atom stereocenters. The largest absolute Gasteiger partial charge is 0.340 e. The molecule has 0 aliphatic carbocycles. The van der Waals surface area contributed by atoms with Crippen molar-refractivity contribution in [1.82, 2.24) is 15.3 Å². The summed E-state index contributed by atoms with van der Waals surface area (Å²) in [5, 5.41) is 8.14. The summed E-state index contributed by atoms with van der Waals surface area (Å²) < 4.78 is 0. The van der Waals surface area contributed by atoms with E-state index in [2.05, 4.69) is 27.5 Å². The molecule has 144 valence electrons. The molecule has 3 aromatic rings. The first-order chi connectivity index (χ1) is 13.7. The van der Waals surface area contributed by atoms with E-state index in [1.54, 1.807) is 18.3 Å². The second-order valence-corrected chi connectivity index (χ2v) is 7.20. The number of carbonyl (C=O) groups is 2. The van der Waals surface area contributed by atoms with Crippen molar-refractivity contribution in [3.63, 3.8) is 0 Å². The average molecular weight is 395 g/mol. The Bertz CT molecular complexity index is 912. The number of pyridine rings is 1. The highest BCUT2D eigenvalue weighted by Crippen LogP contribution is 2.17. The molecule has 2 amide bonds. The lowest BCUT2D eigenvalue weighted by atomic mass is 10.0. The van der Waals surface area contributed by atoms with Gasteiger partial charge >= 0.3 is 0 Å². The molecule has 3 rings (SSSR count). The van der Waals surface area contributed by atoms with Crippen LogP contribution in [0.15, 0.2) is 60.2 Å². The summed E-state index contributed by atoms with van der Waals surface area (Å²) in [5.74, 6) is -0.631. The molecule has 2 N–H and O–H groups in total. The molecular formula is C21H22N4O2S. The monoisotopic (exact) mass is 394 g/mol. The van der Waals surface area contributed by atoms with Gasteiger partial charge in [-0.1, -0.05) is 43.7 Å². The molecule has 0 saturated heterocycles. The van der Waals surface area contributed by atoms with Crippen LogP contribution in [0.25, 0.3) is 0 Å². The van der Waals surface area contributed by atoms with Crippen LogP contribution in [0.2, 0.25) is 0 Å². The van der Waals surface area contributed by atoms with Crippen molar-refractivity contribution < 1.29 is 9.59 Å². The number of amides is 2. The van der Waals surface area contributed by atoms with Crippen LogP contribution in [-0.4, -0.2) is 27.8 Å². The van der Waals surface area contributed by atoms with Crippen LogP contribution >= 0.6 is 11.3 Å². The zero-order valence-electron chi connectivity index (χ0n) is 15.6. The van der Waals surface area contributed by atoms with Gasteiger partial charge < -0.3 is 10.6 Å². The molecule has 0 fully saturated rings. The molecule has 0 bridgehead atoms. The van der Waals surface area contributed by atoms with Crippen LogP contribution in [-0.2, 0) is 17.6 Å². The zero-order valence-corrected chi connectivity index (χ0v) is 16.4. The fraction of sp³-hybridized carbons (Fsp3) is 0.238. The van der Waals surface area contributed by atoms with Gasteiger partial charge in [-0.3, -0.25) is 14.6 Å². The van der Waals surface area contributed by atoms with Gasteiger partial charge in [-0.2, -0.15) is 0 Å². The predicted molar refractivity (Wildman–Crippen MR) is 110 cm³/mol. The Hall–Kier alpha value is -3.06. The van der Waals surface area contributed by atoms with Crippen molar-refractivity contribution in [3.8, 4) is 0 Å². The second kappa shape index (κ2) is 9.75. The van der Waals surface area contributed by atoms with E-state index in [1.165, 1.54) is 17.5 Å². The first-order valence-corrected chi connectivity index (χ1v) is 10.0. The zero-order chi connectivity index (χ0) is 19.8. The number of anilines is 1. The highest BCUT2D eigenvalue weighted by molar-refractivity contribution is 7.13. The second-order valence-electron chi connectivity index (χ2n) is 6.34. The summed E-state index contributed by atoms with van der Waals surface area (Å²) in [7, 11) is 0. The third-order valence-electron chi connectivity index (χ3n) is 4.12. The van der Waals surface area contributed by atoms with E-state index < -0.39 is 6.04 Å². The van der Waals surface area contributed by atoms with Gasteiger partial charge in [-0.15, -0.1) is 11.3 Å².